The molecule has 1 atom stereocenters. The molecule has 1 aromatic heterocycles. The summed E-state index contributed by atoms with van der Waals surface area (Å²) in [6.07, 6.45) is 3.03. The molecule has 0 amide bonds. The van der Waals surface area contributed by atoms with Crippen LogP contribution in [0.15, 0.2) is 17.2 Å². The lowest BCUT2D eigenvalue weighted by Crippen LogP contribution is -2.33. The number of sulfonamides is 1. The van der Waals surface area contributed by atoms with E-state index in [-0.39, 0.29) is 16.5 Å². The lowest BCUT2D eigenvalue weighted by Gasteiger charge is -2.21. The quantitative estimate of drug-likeness (QED) is 0.727. The summed E-state index contributed by atoms with van der Waals surface area (Å²) in [5.74, 6) is -1.02. The molecule has 19 heavy (non-hydrogen) atoms. The number of H-pyrrole nitrogens is 1. The SMILES string of the molecule is O=C(O)c1cc(S(=O)(=O)NCC2CCCOC2)c[nH]1. The molecule has 0 radical (unpaired) electrons. The van der Waals surface area contributed by atoms with Crippen molar-refractivity contribution in [2.24, 2.45) is 5.92 Å². The number of rotatable bonds is 5. The summed E-state index contributed by atoms with van der Waals surface area (Å²) in [5.41, 5.74) is -0.152. The van der Waals surface area contributed by atoms with Crippen LogP contribution in [0.25, 0.3) is 0 Å². The molecule has 0 spiro atoms. The number of hydrogen-bond donors (Lipinski definition) is 3. The van der Waals surface area contributed by atoms with Gasteiger partial charge in [0, 0.05) is 19.3 Å². The largest absolute Gasteiger partial charge is 0.477 e. The molecule has 1 fully saturated rings. The molecule has 1 aliphatic heterocycles. The molecule has 7 nitrogen and oxygen atoms in total. The maximum absolute atomic E-state index is 11.9. The molecule has 1 aromatic rings. The standard InChI is InChI=1S/C11H16N2O5S/c14-11(15)10-4-9(6-12-10)19(16,17)13-5-8-2-1-3-18-7-8/h4,6,8,12-13H,1-3,5,7H2,(H,14,15). The number of carbonyl (C=O) groups is 1. The van der Waals surface area contributed by atoms with Gasteiger partial charge in [-0.3, -0.25) is 0 Å². The van der Waals surface area contributed by atoms with Crippen molar-refractivity contribution >= 4 is 16.0 Å². The molecule has 1 saturated heterocycles. The highest BCUT2D eigenvalue weighted by Crippen LogP contribution is 2.15. The van der Waals surface area contributed by atoms with E-state index in [1.807, 2.05) is 0 Å². The Bertz CT molecular complexity index is 545. The van der Waals surface area contributed by atoms with Gasteiger partial charge in [0.05, 0.1) is 6.61 Å². The van der Waals surface area contributed by atoms with Crippen molar-refractivity contribution in [3.8, 4) is 0 Å². The minimum Gasteiger partial charge on any atom is -0.477 e. The van der Waals surface area contributed by atoms with E-state index in [1.54, 1.807) is 0 Å². The fraction of sp³-hybridized carbons (Fsp3) is 0.545. The van der Waals surface area contributed by atoms with E-state index in [0.29, 0.717) is 13.2 Å². The molecule has 2 rings (SSSR count). The molecule has 0 bridgehead atoms. The van der Waals surface area contributed by atoms with Gasteiger partial charge in [0.1, 0.15) is 10.6 Å². The second kappa shape index (κ2) is 5.72. The van der Waals surface area contributed by atoms with Crippen LogP contribution >= 0.6 is 0 Å². The van der Waals surface area contributed by atoms with Crippen LogP contribution in [0.2, 0.25) is 0 Å². The molecule has 0 aromatic carbocycles. The number of aromatic nitrogens is 1. The third-order valence-corrected chi connectivity index (χ3v) is 4.42. The number of ether oxygens (including phenoxy) is 1. The van der Waals surface area contributed by atoms with Crippen molar-refractivity contribution in [1.29, 1.82) is 0 Å². The molecule has 1 unspecified atom stereocenters. The zero-order valence-electron chi connectivity index (χ0n) is 10.3. The Labute approximate surface area is 111 Å². The van der Waals surface area contributed by atoms with Gasteiger partial charge >= 0.3 is 5.97 Å². The number of aromatic carboxylic acids is 1. The van der Waals surface area contributed by atoms with Gasteiger partial charge in [0.25, 0.3) is 0 Å². The van der Waals surface area contributed by atoms with Crippen LogP contribution in [-0.2, 0) is 14.8 Å². The van der Waals surface area contributed by atoms with Crippen LogP contribution < -0.4 is 4.72 Å². The van der Waals surface area contributed by atoms with Crippen LogP contribution in [0.5, 0.6) is 0 Å². The summed E-state index contributed by atoms with van der Waals surface area (Å²) < 4.78 is 31.6. The fourth-order valence-electron chi connectivity index (χ4n) is 1.93. The lowest BCUT2D eigenvalue weighted by molar-refractivity contribution is 0.0568. The second-order valence-electron chi connectivity index (χ2n) is 4.49. The molecule has 2 heterocycles. The number of nitrogens with one attached hydrogen (secondary N) is 2. The Hall–Kier alpha value is -1.38. The van der Waals surface area contributed by atoms with Crippen molar-refractivity contribution in [2.45, 2.75) is 17.7 Å². The van der Waals surface area contributed by atoms with Crippen molar-refractivity contribution in [1.82, 2.24) is 9.71 Å². The Morgan fingerprint density at radius 3 is 2.95 bits per heavy atom. The van der Waals surface area contributed by atoms with E-state index in [0.717, 1.165) is 25.5 Å². The monoisotopic (exact) mass is 288 g/mol. The average molecular weight is 288 g/mol. The van der Waals surface area contributed by atoms with Gasteiger partial charge in [-0.1, -0.05) is 0 Å². The minimum absolute atomic E-state index is 0.0679. The summed E-state index contributed by atoms with van der Waals surface area (Å²) in [5, 5.41) is 8.73. The van der Waals surface area contributed by atoms with E-state index in [4.69, 9.17) is 9.84 Å². The number of aromatic amines is 1. The zero-order chi connectivity index (χ0) is 13.9. The van der Waals surface area contributed by atoms with E-state index in [1.165, 1.54) is 6.20 Å². The predicted octanol–water partition coefficient (Wildman–Crippen LogP) is 0.418. The first kappa shape index (κ1) is 14.0. The van der Waals surface area contributed by atoms with Crippen LogP contribution in [0.1, 0.15) is 23.3 Å². The van der Waals surface area contributed by atoms with Crippen molar-refractivity contribution in [2.75, 3.05) is 19.8 Å². The summed E-state index contributed by atoms with van der Waals surface area (Å²) in [6.45, 7) is 1.58. The number of carboxylic acids is 1. The topological polar surface area (TPSA) is 108 Å². The van der Waals surface area contributed by atoms with Gasteiger partial charge in [0.15, 0.2) is 0 Å². The molecule has 0 saturated carbocycles. The Morgan fingerprint density at radius 2 is 2.37 bits per heavy atom. The minimum atomic E-state index is -3.67. The third-order valence-electron chi connectivity index (χ3n) is 3.01. The van der Waals surface area contributed by atoms with Crippen molar-refractivity contribution in [3.05, 3.63) is 18.0 Å². The van der Waals surface area contributed by atoms with E-state index in [9.17, 15) is 13.2 Å². The summed E-state index contributed by atoms with van der Waals surface area (Å²) in [6, 6.07) is 1.10. The molecule has 3 N–H and O–H groups in total. The van der Waals surface area contributed by atoms with Gasteiger partial charge in [-0.05, 0) is 24.8 Å². The van der Waals surface area contributed by atoms with Crippen LogP contribution in [-0.4, -0.2) is 44.2 Å². The smallest absolute Gasteiger partial charge is 0.352 e. The van der Waals surface area contributed by atoms with Gasteiger partial charge in [-0.15, -0.1) is 0 Å². The number of carboxylic acid groups (broad SMARTS) is 1. The Morgan fingerprint density at radius 1 is 1.58 bits per heavy atom. The highest BCUT2D eigenvalue weighted by atomic mass is 32.2. The van der Waals surface area contributed by atoms with Gasteiger partial charge < -0.3 is 14.8 Å². The Balaban J connectivity index is 1.98. The van der Waals surface area contributed by atoms with Crippen LogP contribution in [0, 0.1) is 5.92 Å². The predicted molar refractivity (Wildman–Crippen MR) is 66.5 cm³/mol. The fourth-order valence-corrected chi connectivity index (χ4v) is 3.04. The third kappa shape index (κ3) is 3.55. The first-order chi connectivity index (χ1) is 8.99. The number of hydrogen-bond acceptors (Lipinski definition) is 4. The normalized spacial score (nSPS) is 20.3. The van der Waals surface area contributed by atoms with Crippen LogP contribution in [0.3, 0.4) is 0 Å². The molecule has 0 aliphatic carbocycles. The summed E-state index contributed by atoms with van der Waals surface area (Å²) in [7, 11) is -3.67. The average Bonchev–Trinajstić information content (AvgIpc) is 2.88. The molecular formula is C11H16N2O5S. The zero-order valence-corrected chi connectivity index (χ0v) is 11.1. The van der Waals surface area contributed by atoms with Crippen molar-refractivity contribution in [3.63, 3.8) is 0 Å². The Kier molecular flexibility index (Phi) is 4.23. The molecule has 106 valence electrons. The van der Waals surface area contributed by atoms with E-state index < -0.39 is 16.0 Å². The first-order valence-corrected chi connectivity index (χ1v) is 7.46. The maximum Gasteiger partial charge on any atom is 0.352 e. The highest BCUT2D eigenvalue weighted by Gasteiger charge is 2.21. The van der Waals surface area contributed by atoms with Gasteiger partial charge in [-0.25, -0.2) is 17.9 Å². The maximum atomic E-state index is 11.9. The van der Waals surface area contributed by atoms with Crippen molar-refractivity contribution < 1.29 is 23.1 Å². The van der Waals surface area contributed by atoms with Gasteiger partial charge in [0.2, 0.25) is 10.0 Å². The summed E-state index contributed by atoms with van der Waals surface area (Å²) in [4.78, 5) is 13.0. The second-order valence-corrected chi connectivity index (χ2v) is 6.26. The van der Waals surface area contributed by atoms with Crippen LogP contribution in [0.4, 0.5) is 0 Å². The van der Waals surface area contributed by atoms with Gasteiger partial charge in [-0.2, -0.15) is 0 Å². The lowest BCUT2D eigenvalue weighted by atomic mass is 10.0. The van der Waals surface area contributed by atoms with E-state index >= 15 is 0 Å². The molecule has 1 aliphatic rings. The summed E-state index contributed by atoms with van der Waals surface area (Å²) >= 11 is 0. The first-order valence-electron chi connectivity index (χ1n) is 5.98. The highest BCUT2D eigenvalue weighted by molar-refractivity contribution is 7.89. The molecule has 8 heteroatoms. The molecular weight excluding hydrogens is 272 g/mol. The van der Waals surface area contributed by atoms with E-state index in [2.05, 4.69) is 9.71 Å².